The fourth-order valence-electron chi connectivity index (χ4n) is 6.91. The lowest BCUT2D eigenvalue weighted by Crippen LogP contribution is -2.84. The van der Waals surface area contributed by atoms with Crippen molar-refractivity contribution in [1.29, 1.82) is 0 Å². The summed E-state index contributed by atoms with van der Waals surface area (Å²) in [5.74, 6) is -6.58. The molecular weight excluding hydrogens is 638 g/mol. The van der Waals surface area contributed by atoms with E-state index >= 15 is 14.4 Å². The summed E-state index contributed by atoms with van der Waals surface area (Å²) < 4.78 is 0. The number of carbonyl (C=O) groups excluding carboxylic acids is 4. The largest absolute Gasteiger partial charge is 0.508 e. The van der Waals surface area contributed by atoms with Gasteiger partial charge in [-0.1, -0.05) is 68.5 Å². The molecular formula is C38H53N5O7. The van der Waals surface area contributed by atoms with E-state index in [4.69, 9.17) is 22.9 Å². The molecule has 0 fully saturated rings. The number of Topliss-reactive ketones (excluding diaryl/α,β-unsaturated/α-hetero) is 4. The number of nitrogens with zero attached hydrogens (tertiary/aromatic N) is 1. The van der Waals surface area contributed by atoms with E-state index in [2.05, 4.69) is 13.2 Å². The maximum absolute atomic E-state index is 15.3. The van der Waals surface area contributed by atoms with Crippen LogP contribution < -0.4 is 22.9 Å². The van der Waals surface area contributed by atoms with Crippen LogP contribution in [0.2, 0.25) is 0 Å². The van der Waals surface area contributed by atoms with Crippen LogP contribution >= 0.6 is 0 Å². The number of carboxylic acids is 1. The van der Waals surface area contributed by atoms with Crippen LogP contribution in [0, 0.1) is 10.8 Å². The molecule has 0 aliphatic carbocycles. The summed E-state index contributed by atoms with van der Waals surface area (Å²) in [6.45, 7) is 14.2. The molecule has 272 valence electrons. The minimum Gasteiger partial charge on any atom is -0.508 e. The summed E-state index contributed by atoms with van der Waals surface area (Å²) in [7, 11) is 0. The van der Waals surface area contributed by atoms with E-state index < -0.39 is 68.6 Å². The van der Waals surface area contributed by atoms with Gasteiger partial charge in [0.05, 0.1) is 23.2 Å². The lowest BCUT2D eigenvalue weighted by atomic mass is 9.44. The van der Waals surface area contributed by atoms with Crippen molar-refractivity contribution in [3.8, 4) is 5.75 Å². The van der Waals surface area contributed by atoms with Gasteiger partial charge in [0, 0.05) is 18.5 Å². The van der Waals surface area contributed by atoms with Gasteiger partial charge >= 0.3 is 5.97 Å². The number of benzene rings is 2. The fourth-order valence-corrected chi connectivity index (χ4v) is 6.91. The first-order valence-corrected chi connectivity index (χ1v) is 16.3. The number of aromatic hydroxyl groups is 1. The normalized spacial score (nSPS) is 15.0. The highest BCUT2D eigenvalue weighted by molar-refractivity contribution is 6.28. The van der Waals surface area contributed by atoms with Gasteiger partial charge < -0.3 is 33.1 Å². The zero-order chi connectivity index (χ0) is 38.5. The predicted octanol–water partition coefficient (Wildman–Crippen LogP) is 2.09. The number of carboxylic acid groups (broad SMARTS) is 1. The third-order valence-corrected chi connectivity index (χ3v) is 9.15. The third kappa shape index (κ3) is 7.69. The standard InChI is InChI=1S/C38H53N5O7/c1-9-20-43(21-10-2)38(33(49)50,30(46)28(40)22-24-14-12-11-13-15-24)37(31(47)35(5,6)41,32(48)36(7,8)42)34(3,4)29(45)27(39)23-25-16-18-26(44)19-17-25/h9-19,27-28,44H,1-2,20-23,39-42H2,3-8H3,(H,49,50). The average molecular weight is 692 g/mol. The van der Waals surface area contributed by atoms with Crippen LogP contribution in [-0.2, 0) is 36.8 Å². The highest BCUT2D eigenvalue weighted by atomic mass is 16.4. The van der Waals surface area contributed by atoms with Crippen LogP contribution in [0.3, 0.4) is 0 Å². The van der Waals surface area contributed by atoms with Gasteiger partial charge in [0.2, 0.25) is 5.54 Å². The van der Waals surface area contributed by atoms with Gasteiger partial charge in [-0.2, -0.15) is 0 Å². The first kappa shape index (κ1) is 41.8. The van der Waals surface area contributed by atoms with E-state index in [1.807, 2.05) is 0 Å². The zero-order valence-corrected chi connectivity index (χ0v) is 29.9. The van der Waals surface area contributed by atoms with Crippen molar-refractivity contribution in [2.45, 2.75) is 83.1 Å². The first-order chi connectivity index (χ1) is 23.0. The van der Waals surface area contributed by atoms with E-state index in [9.17, 15) is 19.8 Å². The van der Waals surface area contributed by atoms with E-state index in [0.717, 1.165) is 4.90 Å². The second-order valence-corrected chi connectivity index (χ2v) is 14.5. The molecule has 2 aromatic carbocycles. The Balaban J connectivity index is 3.29. The van der Waals surface area contributed by atoms with Gasteiger partial charge in [-0.25, -0.2) is 4.79 Å². The Hall–Kier alpha value is -4.33. The number of carbonyl (C=O) groups is 5. The molecule has 12 heteroatoms. The Morgan fingerprint density at radius 3 is 1.50 bits per heavy atom. The molecule has 12 nitrogen and oxygen atoms in total. The molecule has 10 N–H and O–H groups in total. The molecule has 0 aliphatic heterocycles. The Morgan fingerprint density at radius 2 is 1.12 bits per heavy atom. The number of rotatable bonds is 20. The average Bonchev–Trinajstić information content (AvgIpc) is 3.02. The summed E-state index contributed by atoms with van der Waals surface area (Å²) in [5, 5.41) is 21.4. The molecule has 0 spiro atoms. The molecule has 3 unspecified atom stereocenters. The quantitative estimate of drug-likeness (QED) is 0.0866. The summed E-state index contributed by atoms with van der Waals surface area (Å²) in [5.41, 5.74) is 14.4. The van der Waals surface area contributed by atoms with E-state index in [0.29, 0.717) is 11.1 Å². The maximum Gasteiger partial charge on any atom is 0.333 e. The van der Waals surface area contributed by atoms with Crippen molar-refractivity contribution in [3.05, 3.63) is 91.0 Å². The SMILES string of the molecule is C=CCN(CC=C)C(C(=O)O)(C(=O)C(N)Cc1ccccc1)C(C(=O)C(C)(C)N)(C(=O)C(C)(C)N)C(C)(C)C(=O)C(N)Cc1ccc(O)cc1. The number of aliphatic carboxylic acids is 1. The Kier molecular flexibility index (Phi) is 13.1. The number of phenolic OH excluding ortho intramolecular Hbond substituents is 1. The molecule has 0 aromatic heterocycles. The zero-order valence-electron chi connectivity index (χ0n) is 29.9. The molecule has 2 rings (SSSR count). The summed E-state index contributed by atoms with van der Waals surface area (Å²) in [6.07, 6.45) is 2.27. The lowest BCUT2D eigenvalue weighted by Gasteiger charge is -2.59. The molecule has 0 saturated carbocycles. The molecule has 0 aliphatic rings. The number of nitrogens with two attached hydrogens (primary N) is 4. The highest BCUT2D eigenvalue weighted by Crippen LogP contribution is 2.56. The number of ketones is 4. The monoisotopic (exact) mass is 691 g/mol. The van der Waals surface area contributed by atoms with Crippen LogP contribution in [0.15, 0.2) is 79.9 Å². The van der Waals surface area contributed by atoms with E-state index in [1.54, 1.807) is 30.3 Å². The van der Waals surface area contributed by atoms with Crippen molar-refractivity contribution < 1.29 is 34.2 Å². The van der Waals surface area contributed by atoms with Crippen LogP contribution in [0.1, 0.15) is 52.7 Å². The molecule has 0 radical (unpaired) electrons. The second-order valence-electron chi connectivity index (χ2n) is 14.5. The van der Waals surface area contributed by atoms with Crippen molar-refractivity contribution in [1.82, 2.24) is 4.90 Å². The number of hydrogen-bond donors (Lipinski definition) is 6. The molecule has 2 aromatic rings. The van der Waals surface area contributed by atoms with Gasteiger partial charge in [0.25, 0.3) is 0 Å². The Labute approximate surface area is 294 Å². The molecule has 0 saturated heterocycles. The minimum atomic E-state index is -3.22. The van der Waals surface area contributed by atoms with Crippen LogP contribution in [0.4, 0.5) is 0 Å². The molecule has 50 heavy (non-hydrogen) atoms. The van der Waals surface area contributed by atoms with Crippen LogP contribution in [0.25, 0.3) is 0 Å². The minimum absolute atomic E-state index is 0.0272. The molecule has 0 bridgehead atoms. The van der Waals surface area contributed by atoms with Crippen molar-refractivity contribution in [3.63, 3.8) is 0 Å². The topological polar surface area (TPSA) is 233 Å². The van der Waals surface area contributed by atoms with E-state index in [1.165, 1.54) is 78.0 Å². The molecule has 3 atom stereocenters. The van der Waals surface area contributed by atoms with Crippen LogP contribution in [-0.4, -0.2) is 86.0 Å². The number of phenols is 1. The second kappa shape index (κ2) is 15.7. The van der Waals surface area contributed by atoms with Gasteiger partial charge in [0.1, 0.15) is 11.2 Å². The summed E-state index contributed by atoms with van der Waals surface area (Å²) >= 11 is 0. The predicted molar refractivity (Wildman–Crippen MR) is 193 cm³/mol. The Bertz CT molecular complexity index is 1550. The van der Waals surface area contributed by atoms with E-state index in [-0.39, 0.29) is 31.7 Å². The Morgan fingerprint density at radius 1 is 0.720 bits per heavy atom. The van der Waals surface area contributed by atoms with Gasteiger partial charge in [0.15, 0.2) is 23.1 Å². The van der Waals surface area contributed by atoms with Gasteiger partial charge in [-0.05, 0) is 63.8 Å². The smallest absolute Gasteiger partial charge is 0.333 e. The van der Waals surface area contributed by atoms with Crippen molar-refractivity contribution >= 4 is 29.1 Å². The van der Waals surface area contributed by atoms with Crippen molar-refractivity contribution in [2.24, 2.45) is 33.8 Å². The van der Waals surface area contributed by atoms with Crippen LogP contribution in [0.5, 0.6) is 5.75 Å². The number of hydrogen-bond acceptors (Lipinski definition) is 11. The third-order valence-electron chi connectivity index (χ3n) is 9.15. The van der Waals surface area contributed by atoms with Crippen molar-refractivity contribution in [2.75, 3.05) is 13.1 Å². The fraction of sp³-hybridized carbons (Fsp3) is 0.447. The summed E-state index contributed by atoms with van der Waals surface area (Å²) in [4.78, 5) is 76.3. The summed E-state index contributed by atoms with van der Waals surface area (Å²) in [6, 6.07) is 11.3. The lowest BCUT2D eigenvalue weighted by molar-refractivity contribution is -0.193. The first-order valence-electron chi connectivity index (χ1n) is 16.3. The van der Waals surface area contributed by atoms with Gasteiger partial charge in [-0.3, -0.25) is 24.1 Å². The van der Waals surface area contributed by atoms with Gasteiger partial charge in [-0.15, -0.1) is 13.2 Å². The maximum atomic E-state index is 15.3. The highest BCUT2D eigenvalue weighted by Gasteiger charge is 2.80. The molecule has 0 amide bonds. The molecule has 0 heterocycles.